The molecule has 0 aliphatic carbocycles. The van der Waals surface area contributed by atoms with E-state index in [1.807, 2.05) is 0 Å². The van der Waals surface area contributed by atoms with Crippen LogP contribution in [0.15, 0.2) is 11.0 Å². The topological polar surface area (TPSA) is 65.5 Å². The molecule has 1 heterocycles. The Morgan fingerprint density at radius 3 is 2.39 bits per heavy atom. The van der Waals surface area contributed by atoms with E-state index >= 15 is 0 Å². The van der Waals surface area contributed by atoms with Crippen LogP contribution in [0.1, 0.15) is 0 Å². The van der Waals surface area contributed by atoms with Crippen molar-refractivity contribution < 1.29 is 31.1 Å². The number of methoxy groups -OCH3 is 1. The minimum Gasteiger partial charge on any atom is -0.494 e. The lowest BCUT2D eigenvalue weighted by atomic mass is 10.4. The van der Waals surface area contributed by atoms with Crippen LogP contribution in [-0.4, -0.2) is 26.9 Å². The van der Waals surface area contributed by atoms with Gasteiger partial charge in [-0.25, -0.2) is 13.4 Å². The number of rotatable bonds is 3. The number of pyridine rings is 1. The molecule has 1 aromatic rings. The van der Waals surface area contributed by atoms with Crippen molar-refractivity contribution in [1.82, 2.24) is 4.98 Å². The van der Waals surface area contributed by atoms with Crippen molar-refractivity contribution in [1.29, 1.82) is 0 Å². The summed E-state index contributed by atoms with van der Waals surface area (Å²) in [6.45, 7) is 0. The zero-order valence-corrected chi connectivity index (χ0v) is 12.2. The monoisotopic (exact) mass is 417 g/mol. The number of halogens is 5. The summed E-state index contributed by atoms with van der Waals surface area (Å²) in [7, 11) is 1.75. The fourth-order valence-electron chi connectivity index (χ4n) is 0.940. The maximum atomic E-state index is 12.1. The molecular weight excluding hydrogens is 413 g/mol. The van der Waals surface area contributed by atoms with Gasteiger partial charge in [0.15, 0.2) is 5.75 Å². The van der Waals surface area contributed by atoms with Crippen LogP contribution in [0.25, 0.3) is 0 Å². The Hall–Kier alpha value is -0.490. The quantitative estimate of drug-likeness (QED) is 0.430. The van der Waals surface area contributed by atoms with Crippen LogP contribution in [0.4, 0.5) is 13.2 Å². The van der Waals surface area contributed by atoms with Gasteiger partial charge in [0.25, 0.3) is 9.05 Å². The van der Waals surface area contributed by atoms with E-state index in [0.717, 1.165) is 6.07 Å². The smallest absolute Gasteiger partial charge is 0.494 e. The summed E-state index contributed by atoms with van der Waals surface area (Å²) < 4.78 is 66.8. The van der Waals surface area contributed by atoms with Crippen molar-refractivity contribution in [3.05, 3.63) is 9.77 Å². The van der Waals surface area contributed by atoms with Gasteiger partial charge in [-0.1, -0.05) is 0 Å². The highest BCUT2D eigenvalue weighted by Gasteiger charge is 2.35. The van der Waals surface area contributed by atoms with Gasteiger partial charge in [0.05, 0.1) is 7.11 Å². The minimum absolute atomic E-state index is 0.00147. The third kappa shape index (κ3) is 4.02. The zero-order chi connectivity index (χ0) is 14.1. The molecule has 0 atom stereocenters. The molecule has 1 rings (SSSR count). The molecule has 0 radical (unpaired) electrons. The first-order valence-corrected chi connectivity index (χ1v) is 7.38. The molecule has 0 saturated heterocycles. The summed E-state index contributed by atoms with van der Waals surface area (Å²) in [4.78, 5) is 2.43. The molecule has 11 heteroatoms. The van der Waals surface area contributed by atoms with E-state index in [9.17, 15) is 21.6 Å². The first-order valence-electron chi connectivity index (χ1n) is 3.99. The molecule has 0 aliphatic rings. The third-order valence-electron chi connectivity index (χ3n) is 1.57. The number of hydrogen-bond donors (Lipinski definition) is 0. The molecule has 5 nitrogen and oxygen atoms in total. The highest BCUT2D eigenvalue weighted by molar-refractivity contribution is 14.1. The lowest BCUT2D eigenvalue weighted by molar-refractivity contribution is -0.277. The lowest BCUT2D eigenvalue weighted by Crippen LogP contribution is -2.19. The summed E-state index contributed by atoms with van der Waals surface area (Å²) >= 11 is 1.56. The first-order chi connectivity index (χ1) is 8.04. The van der Waals surface area contributed by atoms with Gasteiger partial charge in [0, 0.05) is 16.7 Å². The molecule has 0 fully saturated rings. The normalized spacial score (nSPS) is 12.3. The van der Waals surface area contributed by atoms with Crippen molar-refractivity contribution in [2.24, 2.45) is 0 Å². The van der Waals surface area contributed by atoms with Crippen molar-refractivity contribution in [2.75, 3.05) is 7.11 Å². The molecule has 102 valence electrons. The SMILES string of the molecule is COc1cc(S(=O)(=O)Cl)c(OC(F)(F)F)nc1I. The fraction of sp³-hybridized carbons (Fsp3) is 0.286. The van der Waals surface area contributed by atoms with E-state index in [-0.39, 0.29) is 9.45 Å². The molecule has 0 N–H and O–H groups in total. The van der Waals surface area contributed by atoms with Crippen molar-refractivity contribution in [3.63, 3.8) is 0 Å². The van der Waals surface area contributed by atoms with Crippen LogP contribution in [0, 0.1) is 3.70 Å². The molecule has 0 aliphatic heterocycles. The van der Waals surface area contributed by atoms with Gasteiger partial charge in [-0.15, -0.1) is 13.2 Å². The Balaban J connectivity index is 3.45. The molecule has 0 aromatic carbocycles. The highest BCUT2D eigenvalue weighted by atomic mass is 127. The number of ether oxygens (including phenoxy) is 2. The van der Waals surface area contributed by atoms with E-state index in [1.165, 1.54) is 7.11 Å². The number of hydrogen-bond acceptors (Lipinski definition) is 5. The summed E-state index contributed by atoms with van der Waals surface area (Å²) in [6.07, 6.45) is -5.08. The number of nitrogens with zero attached hydrogens (tertiary/aromatic N) is 1. The van der Waals surface area contributed by atoms with Crippen LogP contribution in [0.3, 0.4) is 0 Å². The summed E-state index contributed by atoms with van der Waals surface area (Å²) in [5, 5.41) is 0. The first kappa shape index (κ1) is 15.6. The average molecular weight is 418 g/mol. The minimum atomic E-state index is -5.08. The Kier molecular flexibility index (Phi) is 4.54. The van der Waals surface area contributed by atoms with E-state index in [2.05, 4.69) is 9.72 Å². The van der Waals surface area contributed by atoms with E-state index in [0.29, 0.717) is 0 Å². The van der Waals surface area contributed by atoms with Gasteiger partial charge in [-0.3, -0.25) is 0 Å². The molecule has 0 amide bonds. The van der Waals surface area contributed by atoms with Gasteiger partial charge in [0.1, 0.15) is 8.60 Å². The van der Waals surface area contributed by atoms with Crippen molar-refractivity contribution in [2.45, 2.75) is 11.3 Å². The summed E-state index contributed by atoms with van der Waals surface area (Å²) in [5.74, 6) is -1.19. The van der Waals surface area contributed by atoms with Crippen LogP contribution in [0.2, 0.25) is 0 Å². The average Bonchev–Trinajstić information content (AvgIpc) is 2.13. The molecule has 0 spiro atoms. The fourth-order valence-corrected chi connectivity index (χ4v) is 2.41. The second kappa shape index (κ2) is 5.25. The van der Waals surface area contributed by atoms with Crippen LogP contribution >= 0.6 is 33.3 Å². The molecule has 0 saturated carbocycles. The van der Waals surface area contributed by atoms with Gasteiger partial charge >= 0.3 is 6.36 Å². The van der Waals surface area contributed by atoms with Crippen LogP contribution < -0.4 is 9.47 Å². The van der Waals surface area contributed by atoms with Crippen LogP contribution in [-0.2, 0) is 9.05 Å². The maximum absolute atomic E-state index is 12.1. The largest absolute Gasteiger partial charge is 0.574 e. The van der Waals surface area contributed by atoms with Gasteiger partial charge in [-0.05, 0) is 22.6 Å². The van der Waals surface area contributed by atoms with Gasteiger partial charge < -0.3 is 9.47 Å². The Morgan fingerprint density at radius 2 is 2.00 bits per heavy atom. The Labute approximate surface area is 118 Å². The summed E-state index contributed by atoms with van der Waals surface area (Å²) in [5.41, 5.74) is 0. The van der Waals surface area contributed by atoms with Gasteiger partial charge in [0.2, 0.25) is 5.88 Å². The maximum Gasteiger partial charge on any atom is 0.574 e. The van der Waals surface area contributed by atoms with Gasteiger partial charge in [-0.2, -0.15) is 0 Å². The molecule has 1 aromatic heterocycles. The van der Waals surface area contributed by atoms with E-state index in [1.54, 1.807) is 22.6 Å². The second-order valence-corrected chi connectivity index (χ2v) is 6.33. The molecule has 0 bridgehead atoms. The van der Waals surface area contributed by atoms with Crippen molar-refractivity contribution in [3.8, 4) is 11.6 Å². The second-order valence-electron chi connectivity index (χ2n) is 2.77. The summed E-state index contributed by atoms with van der Waals surface area (Å²) in [6, 6.07) is 0.804. The lowest BCUT2D eigenvalue weighted by Gasteiger charge is -2.12. The van der Waals surface area contributed by atoms with E-state index in [4.69, 9.17) is 15.4 Å². The molecule has 0 unspecified atom stereocenters. The van der Waals surface area contributed by atoms with Crippen LogP contribution in [0.5, 0.6) is 11.6 Å². The molecule has 18 heavy (non-hydrogen) atoms. The number of alkyl halides is 3. The Bertz CT molecular complexity index is 563. The highest BCUT2D eigenvalue weighted by Crippen LogP contribution is 2.34. The van der Waals surface area contributed by atoms with Crippen molar-refractivity contribution >= 4 is 42.3 Å². The predicted molar refractivity (Wildman–Crippen MR) is 63.2 cm³/mol. The predicted octanol–water partition coefficient (Wildman–Crippen LogP) is 2.52. The standard InChI is InChI=1S/C7H4ClF3INO4S/c1-16-3-2-4(18(8,14)15)6(13-5(3)12)17-7(9,10)11/h2H,1H3. The van der Waals surface area contributed by atoms with E-state index < -0.39 is 26.2 Å². The number of aromatic nitrogens is 1. The molecular formula is C7H4ClF3INO4S. The Morgan fingerprint density at radius 1 is 1.44 bits per heavy atom. The third-order valence-corrected chi connectivity index (χ3v) is 3.66. The zero-order valence-electron chi connectivity index (χ0n) is 8.46.